The summed E-state index contributed by atoms with van der Waals surface area (Å²) >= 11 is 0. The van der Waals surface area contributed by atoms with Gasteiger partial charge in [-0.1, -0.05) is 19.1 Å². The SMILES string of the molecule is CC(=O)C[C@@H](C)c1ccc(O[C@@H]2CCN(c3ccnc(N4CCOC(C)C4)n3)C2)cc1. The van der Waals surface area contributed by atoms with Crippen LogP contribution >= 0.6 is 0 Å². The molecule has 0 saturated carbocycles. The molecule has 4 rings (SSSR count). The first kappa shape index (κ1) is 21.6. The average molecular weight is 425 g/mol. The van der Waals surface area contributed by atoms with E-state index in [0.29, 0.717) is 13.0 Å². The van der Waals surface area contributed by atoms with Crippen molar-refractivity contribution in [1.82, 2.24) is 9.97 Å². The first-order chi connectivity index (χ1) is 15.0. The zero-order chi connectivity index (χ0) is 21.8. The number of anilines is 2. The molecule has 1 aromatic carbocycles. The lowest BCUT2D eigenvalue weighted by atomic mass is 9.96. The Morgan fingerprint density at radius 3 is 2.74 bits per heavy atom. The van der Waals surface area contributed by atoms with Gasteiger partial charge in [-0.25, -0.2) is 4.98 Å². The van der Waals surface area contributed by atoms with Crippen molar-refractivity contribution >= 4 is 17.5 Å². The first-order valence-electron chi connectivity index (χ1n) is 11.2. The largest absolute Gasteiger partial charge is 0.489 e. The van der Waals surface area contributed by atoms with Crippen molar-refractivity contribution in [2.75, 3.05) is 42.6 Å². The molecule has 2 aromatic rings. The van der Waals surface area contributed by atoms with Crippen molar-refractivity contribution in [3.05, 3.63) is 42.1 Å². The third-order valence-corrected chi connectivity index (χ3v) is 5.97. The average Bonchev–Trinajstić information content (AvgIpc) is 3.22. The molecule has 0 bridgehead atoms. The topological polar surface area (TPSA) is 67.8 Å². The summed E-state index contributed by atoms with van der Waals surface area (Å²) in [5, 5.41) is 0. The molecule has 2 aliphatic heterocycles. The molecule has 31 heavy (non-hydrogen) atoms. The highest BCUT2D eigenvalue weighted by molar-refractivity contribution is 5.76. The van der Waals surface area contributed by atoms with Crippen molar-refractivity contribution in [2.24, 2.45) is 0 Å². The Bertz CT molecular complexity index is 889. The zero-order valence-corrected chi connectivity index (χ0v) is 18.7. The minimum absolute atomic E-state index is 0.127. The van der Waals surface area contributed by atoms with Gasteiger partial charge >= 0.3 is 0 Å². The van der Waals surface area contributed by atoms with E-state index in [1.807, 2.05) is 24.4 Å². The molecule has 166 valence electrons. The molecule has 0 amide bonds. The van der Waals surface area contributed by atoms with E-state index in [1.165, 1.54) is 5.56 Å². The lowest BCUT2D eigenvalue weighted by Crippen LogP contribution is -2.42. The van der Waals surface area contributed by atoms with E-state index in [2.05, 4.69) is 40.8 Å². The van der Waals surface area contributed by atoms with Gasteiger partial charge in [0.2, 0.25) is 5.95 Å². The van der Waals surface area contributed by atoms with Crippen LogP contribution < -0.4 is 14.5 Å². The highest BCUT2D eigenvalue weighted by Crippen LogP contribution is 2.26. The third kappa shape index (κ3) is 5.53. The Morgan fingerprint density at radius 1 is 1.19 bits per heavy atom. The summed E-state index contributed by atoms with van der Waals surface area (Å²) in [6, 6.07) is 10.1. The third-order valence-electron chi connectivity index (χ3n) is 5.97. The number of nitrogens with zero attached hydrogens (tertiary/aromatic N) is 4. The molecule has 0 spiro atoms. The number of aromatic nitrogens is 2. The second-order valence-corrected chi connectivity index (χ2v) is 8.69. The Kier molecular flexibility index (Phi) is 6.70. The van der Waals surface area contributed by atoms with Crippen LogP contribution in [0.15, 0.2) is 36.5 Å². The number of ketones is 1. The van der Waals surface area contributed by atoms with Gasteiger partial charge in [0.1, 0.15) is 23.5 Å². The normalized spacial score (nSPS) is 22.4. The summed E-state index contributed by atoms with van der Waals surface area (Å²) in [7, 11) is 0. The van der Waals surface area contributed by atoms with E-state index in [9.17, 15) is 4.79 Å². The standard InChI is InChI=1S/C24H32N4O3/c1-17(14-18(2)29)20-4-6-21(7-5-20)31-22-9-11-27(16-22)23-8-10-25-24(26-23)28-12-13-30-19(3)15-28/h4-8,10,17,19,22H,9,11-16H2,1-3H3/t17-,19?,22-/m1/s1. The first-order valence-corrected chi connectivity index (χ1v) is 11.2. The van der Waals surface area contributed by atoms with Crippen LogP contribution in [0.25, 0.3) is 0 Å². The van der Waals surface area contributed by atoms with Gasteiger partial charge in [-0.05, 0) is 43.5 Å². The molecule has 3 heterocycles. The van der Waals surface area contributed by atoms with Crippen molar-refractivity contribution in [2.45, 2.75) is 51.7 Å². The highest BCUT2D eigenvalue weighted by Gasteiger charge is 2.26. The molecule has 1 unspecified atom stereocenters. The summed E-state index contributed by atoms with van der Waals surface area (Å²) in [4.78, 5) is 25.1. The maximum Gasteiger partial charge on any atom is 0.227 e. The molecule has 7 heteroatoms. The van der Waals surface area contributed by atoms with Gasteiger partial charge in [0.15, 0.2) is 0 Å². The van der Waals surface area contributed by atoms with Crippen molar-refractivity contribution < 1.29 is 14.3 Å². The molecule has 0 aliphatic carbocycles. The number of carbonyl (C=O) groups is 1. The van der Waals surface area contributed by atoms with Crippen molar-refractivity contribution in [3.8, 4) is 5.75 Å². The fraction of sp³-hybridized carbons (Fsp3) is 0.542. The molecule has 2 aliphatic rings. The number of carbonyl (C=O) groups excluding carboxylic acids is 1. The lowest BCUT2D eigenvalue weighted by Gasteiger charge is -2.31. The summed E-state index contributed by atoms with van der Waals surface area (Å²) in [5.41, 5.74) is 1.17. The molecule has 2 fully saturated rings. The van der Waals surface area contributed by atoms with Gasteiger partial charge < -0.3 is 24.1 Å². The molecule has 0 radical (unpaired) electrons. The molecule has 7 nitrogen and oxygen atoms in total. The fourth-order valence-corrected chi connectivity index (χ4v) is 4.32. The number of benzene rings is 1. The number of Topliss-reactive ketones (excluding diaryl/α,β-unsaturated/α-hetero) is 1. The molecular weight excluding hydrogens is 392 g/mol. The predicted octanol–water partition coefficient (Wildman–Crippen LogP) is 3.44. The van der Waals surface area contributed by atoms with Crippen LogP contribution in [0.4, 0.5) is 11.8 Å². The van der Waals surface area contributed by atoms with Gasteiger partial charge in [0.05, 0.1) is 19.3 Å². The number of morpholine rings is 1. The minimum Gasteiger partial charge on any atom is -0.489 e. The minimum atomic E-state index is 0.127. The maximum atomic E-state index is 11.4. The van der Waals surface area contributed by atoms with Gasteiger partial charge in [0.25, 0.3) is 0 Å². The molecule has 0 N–H and O–H groups in total. The Labute approximate surface area is 184 Å². The van der Waals surface area contributed by atoms with Gasteiger partial charge in [-0.2, -0.15) is 4.98 Å². The van der Waals surface area contributed by atoms with Crippen LogP contribution in [0, 0.1) is 0 Å². The van der Waals surface area contributed by atoms with Crippen molar-refractivity contribution in [1.29, 1.82) is 0 Å². The van der Waals surface area contributed by atoms with E-state index in [0.717, 1.165) is 50.1 Å². The number of hydrogen-bond acceptors (Lipinski definition) is 7. The number of hydrogen-bond donors (Lipinski definition) is 0. The summed E-state index contributed by atoms with van der Waals surface area (Å²) < 4.78 is 11.9. The second-order valence-electron chi connectivity index (χ2n) is 8.69. The smallest absolute Gasteiger partial charge is 0.227 e. The fourth-order valence-electron chi connectivity index (χ4n) is 4.32. The highest BCUT2D eigenvalue weighted by atomic mass is 16.5. The molecule has 1 aromatic heterocycles. The summed E-state index contributed by atoms with van der Waals surface area (Å²) in [5.74, 6) is 3.04. The van der Waals surface area contributed by atoms with E-state index in [1.54, 1.807) is 6.92 Å². The maximum absolute atomic E-state index is 11.4. The van der Waals surface area contributed by atoms with E-state index in [4.69, 9.17) is 14.5 Å². The Morgan fingerprint density at radius 2 is 2.00 bits per heavy atom. The van der Waals surface area contributed by atoms with Gasteiger partial charge in [-0.3, -0.25) is 0 Å². The van der Waals surface area contributed by atoms with E-state index >= 15 is 0 Å². The zero-order valence-electron chi connectivity index (χ0n) is 18.7. The van der Waals surface area contributed by atoms with Crippen LogP contribution in [0.3, 0.4) is 0 Å². The van der Waals surface area contributed by atoms with Crippen LogP contribution in [0.5, 0.6) is 5.75 Å². The molecular formula is C24H32N4O3. The summed E-state index contributed by atoms with van der Waals surface area (Å²) in [6.45, 7) is 9.86. The van der Waals surface area contributed by atoms with Crippen molar-refractivity contribution in [3.63, 3.8) is 0 Å². The number of rotatable bonds is 7. The van der Waals surface area contributed by atoms with Gasteiger partial charge in [0, 0.05) is 38.7 Å². The van der Waals surface area contributed by atoms with E-state index < -0.39 is 0 Å². The Balaban J connectivity index is 1.34. The van der Waals surface area contributed by atoms with Gasteiger partial charge in [-0.15, -0.1) is 0 Å². The van der Waals surface area contributed by atoms with Crippen LogP contribution in [-0.4, -0.2) is 60.7 Å². The second kappa shape index (κ2) is 9.64. The van der Waals surface area contributed by atoms with Crippen LogP contribution in [0.1, 0.15) is 45.1 Å². The quantitative estimate of drug-likeness (QED) is 0.674. The monoisotopic (exact) mass is 424 g/mol. The number of ether oxygens (including phenoxy) is 2. The molecule has 3 atom stereocenters. The summed E-state index contributed by atoms with van der Waals surface area (Å²) in [6.07, 6.45) is 3.69. The van der Waals surface area contributed by atoms with E-state index in [-0.39, 0.29) is 23.9 Å². The van der Waals surface area contributed by atoms with Crippen LogP contribution in [0.2, 0.25) is 0 Å². The predicted molar refractivity (Wildman–Crippen MR) is 121 cm³/mol. The lowest BCUT2D eigenvalue weighted by molar-refractivity contribution is -0.117. The molecule has 2 saturated heterocycles. The van der Waals surface area contributed by atoms with Crippen LogP contribution in [-0.2, 0) is 9.53 Å². The Hall–Kier alpha value is -2.67.